The van der Waals surface area contributed by atoms with Crippen LogP contribution in [0.3, 0.4) is 0 Å². The summed E-state index contributed by atoms with van der Waals surface area (Å²) in [7, 11) is 0. The van der Waals surface area contributed by atoms with E-state index in [0.717, 1.165) is 12.8 Å². The van der Waals surface area contributed by atoms with E-state index in [9.17, 15) is 14.9 Å². The topological polar surface area (TPSA) is 65.1 Å². The highest BCUT2D eigenvalue weighted by Crippen LogP contribution is 2.14. The van der Waals surface area contributed by atoms with Crippen LogP contribution in [0.2, 0.25) is 0 Å². The fraction of sp³-hybridized carbons (Fsp3) is 0.444. The lowest BCUT2D eigenvalue weighted by molar-refractivity contribution is -0.386. The van der Waals surface area contributed by atoms with Crippen molar-refractivity contribution >= 4 is 33.2 Å². The van der Waals surface area contributed by atoms with Gasteiger partial charge in [-0.1, -0.05) is 0 Å². The summed E-state index contributed by atoms with van der Waals surface area (Å²) in [5, 5.41) is 10.6. The zero-order valence-corrected chi connectivity index (χ0v) is 10.7. The number of rotatable bonds is 5. The number of aryl methyl sites for hydroxylation is 1. The smallest absolute Gasteiger partial charge is 0.309 e. The molecule has 0 saturated carbocycles. The molecule has 0 aliphatic heterocycles. The van der Waals surface area contributed by atoms with E-state index in [2.05, 4.69) is 15.9 Å². The molecule has 5 nitrogen and oxygen atoms in total. The molecule has 1 aromatic rings. The monoisotopic (exact) mass is 308 g/mol. The molecule has 0 aromatic carbocycles. The average molecular weight is 310 g/mol. The van der Waals surface area contributed by atoms with Gasteiger partial charge in [-0.05, 0) is 28.8 Å². The molecule has 0 aliphatic rings. The Morgan fingerprint density at radius 2 is 2.19 bits per heavy atom. The minimum absolute atomic E-state index is 0.416. The lowest BCUT2D eigenvalue weighted by atomic mass is 10.3. The highest BCUT2D eigenvalue weighted by atomic mass is 79.9. The summed E-state index contributed by atoms with van der Waals surface area (Å²) in [6, 6.07) is 1.21. The van der Waals surface area contributed by atoms with Crippen molar-refractivity contribution in [1.82, 2.24) is 4.57 Å². The van der Waals surface area contributed by atoms with Gasteiger partial charge in [-0.15, -0.1) is 11.6 Å². The van der Waals surface area contributed by atoms with Crippen LogP contribution in [0.15, 0.2) is 21.5 Å². The number of nitrogens with zero attached hydrogens (tertiary/aromatic N) is 2. The molecule has 1 rings (SSSR count). The van der Waals surface area contributed by atoms with Gasteiger partial charge in [-0.25, -0.2) is 0 Å². The molecule has 0 spiro atoms. The van der Waals surface area contributed by atoms with Crippen molar-refractivity contribution in [2.45, 2.75) is 19.4 Å². The molecule has 88 valence electrons. The summed E-state index contributed by atoms with van der Waals surface area (Å²) < 4.78 is 1.85. The Bertz CT molecular complexity index is 447. The summed E-state index contributed by atoms with van der Waals surface area (Å²) in [5.41, 5.74) is -0.997. The Morgan fingerprint density at radius 3 is 2.75 bits per heavy atom. The first-order valence-electron chi connectivity index (χ1n) is 4.66. The van der Waals surface area contributed by atoms with Crippen LogP contribution in [0.5, 0.6) is 0 Å². The first-order chi connectivity index (χ1) is 7.56. The van der Waals surface area contributed by atoms with Crippen molar-refractivity contribution in [1.29, 1.82) is 0 Å². The van der Waals surface area contributed by atoms with E-state index in [1.807, 2.05) is 0 Å². The van der Waals surface area contributed by atoms with Gasteiger partial charge in [-0.3, -0.25) is 14.9 Å². The fourth-order valence-electron chi connectivity index (χ4n) is 1.26. The van der Waals surface area contributed by atoms with Gasteiger partial charge in [0.25, 0.3) is 0 Å². The Labute approximate surface area is 105 Å². The van der Waals surface area contributed by atoms with Crippen molar-refractivity contribution in [3.8, 4) is 0 Å². The predicted molar refractivity (Wildman–Crippen MR) is 65.0 cm³/mol. The van der Waals surface area contributed by atoms with E-state index < -0.39 is 16.2 Å². The van der Waals surface area contributed by atoms with Crippen molar-refractivity contribution in [2.75, 3.05) is 5.88 Å². The highest BCUT2D eigenvalue weighted by molar-refractivity contribution is 9.10. The van der Waals surface area contributed by atoms with E-state index in [-0.39, 0.29) is 0 Å². The van der Waals surface area contributed by atoms with Crippen LogP contribution in [-0.4, -0.2) is 15.4 Å². The molecule has 16 heavy (non-hydrogen) atoms. The Hall–Kier alpha value is -0.880. The fourth-order valence-corrected chi connectivity index (χ4v) is 1.91. The molecule has 0 aliphatic carbocycles. The molecule has 0 fully saturated rings. The first kappa shape index (κ1) is 13.2. The van der Waals surface area contributed by atoms with Crippen LogP contribution in [0.4, 0.5) is 5.69 Å². The summed E-state index contributed by atoms with van der Waals surface area (Å²) >= 11 is 8.65. The Balaban J connectivity index is 3.00. The number of hydrogen-bond acceptors (Lipinski definition) is 3. The third kappa shape index (κ3) is 3.31. The van der Waals surface area contributed by atoms with Gasteiger partial charge < -0.3 is 4.57 Å². The summed E-state index contributed by atoms with van der Waals surface area (Å²) in [4.78, 5) is 21.6. The SMILES string of the molecule is O=c1c([N+](=O)[O-])cc(Br)cn1CCCCCl. The van der Waals surface area contributed by atoms with E-state index in [1.165, 1.54) is 10.6 Å². The largest absolute Gasteiger partial charge is 0.335 e. The van der Waals surface area contributed by atoms with Crippen LogP contribution in [0, 0.1) is 10.1 Å². The molecule has 0 radical (unpaired) electrons. The summed E-state index contributed by atoms with van der Waals surface area (Å²) in [6.07, 6.45) is 3.04. The van der Waals surface area contributed by atoms with Gasteiger partial charge in [0.05, 0.1) is 4.92 Å². The highest BCUT2D eigenvalue weighted by Gasteiger charge is 2.15. The molecule has 1 aromatic heterocycles. The van der Waals surface area contributed by atoms with Gasteiger partial charge in [0.15, 0.2) is 0 Å². The van der Waals surface area contributed by atoms with Crippen molar-refractivity contribution in [3.05, 3.63) is 37.2 Å². The zero-order chi connectivity index (χ0) is 12.1. The molecular weight excluding hydrogens is 299 g/mol. The second-order valence-electron chi connectivity index (χ2n) is 3.20. The maximum absolute atomic E-state index is 11.6. The van der Waals surface area contributed by atoms with E-state index in [1.54, 1.807) is 6.20 Å². The third-order valence-corrected chi connectivity index (χ3v) is 2.71. The van der Waals surface area contributed by atoms with Gasteiger partial charge in [0.1, 0.15) is 0 Å². The normalized spacial score (nSPS) is 10.4. The van der Waals surface area contributed by atoms with Crippen molar-refractivity contribution in [2.24, 2.45) is 0 Å². The van der Waals surface area contributed by atoms with E-state index in [4.69, 9.17) is 11.6 Å². The lowest BCUT2D eigenvalue weighted by Gasteiger charge is -2.05. The maximum atomic E-state index is 11.6. The quantitative estimate of drug-likeness (QED) is 0.363. The van der Waals surface area contributed by atoms with Crippen molar-refractivity contribution < 1.29 is 4.92 Å². The number of alkyl halides is 1. The number of halogens is 2. The molecular formula is C9H10BrClN2O3. The molecule has 0 amide bonds. The van der Waals surface area contributed by atoms with Crippen molar-refractivity contribution in [3.63, 3.8) is 0 Å². The van der Waals surface area contributed by atoms with Crippen LogP contribution < -0.4 is 5.56 Å². The Morgan fingerprint density at radius 1 is 1.50 bits per heavy atom. The van der Waals surface area contributed by atoms with E-state index >= 15 is 0 Å². The molecule has 0 N–H and O–H groups in total. The number of nitro groups is 1. The standard InChI is InChI=1S/C9H10BrClN2O3/c10-7-5-8(13(15)16)9(14)12(6-7)4-2-1-3-11/h5-6H,1-4H2. The lowest BCUT2D eigenvalue weighted by Crippen LogP contribution is -2.22. The van der Waals surface area contributed by atoms with Crippen LogP contribution in [0.1, 0.15) is 12.8 Å². The molecule has 1 heterocycles. The van der Waals surface area contributed by atoms with Crippen LogP contribution >= 0.6 is 27.5 Å². The van der Waals surface area contributed by atoms with Crippen LogP contribution in [0.25, 0.3) is 0 Å². The zero-order valence-electron chi connectivity index (χ0n) is 8.36. The summed E-state index contributed by atoms with van der Waals surface area (Å²) in [6.45, 7) is 0.436. The molecule has 0 atom stereocenters. The minimum Gasteiger partial charge on any atom is -0.309 e. The van der Waals surface area contributed by atoms with Gasteiger partial charge in [-0.2, -0.15) is 0 Å². The van der Waals surface area contributed by atoms with Gasteiger partial charge >= 0.3 is 11.2 Å². The number of aromatic nitrogens is 1. The van der Waals surface area contributed by atoms with Crippen LogP contribution in [-0.2, 0) is 6.54 Å². The molecule has 7 heteroatoms. The second-order valence-corrected chi connectivity index (χ2v) is 4.49. The molecule has 0 saturated heterocycles. The first-order valence-corrected chi connectivity index (χ1v) is 5.99. The number of pyridine rings is 1. The number of unbranched alkanes of at least 4 members (excludes halogenated alkanes) is 1. The average Bonchev–Trinajstić information content (AvgIpc) is 2.22. The van der Waals surface area contributed by atoms with Gasteiger partial charge in [0, 0.05) is 29.2 Å². The van der Waals surface area contributed by atoms with E-state index in [0.29, 0.717) is 16.9 Å². The third-order valence-electron chi connectivity index (χ3n) is 2.01. The Kier molecular flexibility index (Phi) is 4.95. The molecule has 0 bridgehead atoms. The predicted octanol–water partition coefficient (Wildman–Crippen LogP) is 2.54. The number of hydrogen-bond donors (Lipinski definition) is 0. The second kappa shape index (κ2) is 6.00. The maximum Gasteiger partial charge on any atom is 0.335 e. The summed E-state index contributed by atoms with van der Waals surface area (Å²) in [5.74, 6) is 0.519. The van der Waals surface area contributed by atoms with Gasteiger partial charge in [0.2, 0.25) is 0 Å². The molecule has 0 unspecified atom stereocenters. The minimum atomic E-state index is -0.675.